The predicted molar refractivity (Wildman–Crippen MR) is 101 cm³/mol. The maximum atomic E-state index is 13.2. The van der Waals surface area contributed by atoms with E-state index in [1.165, 1.54) is 35.2 Å². The highest BCUT2D eigenvalue weighted by atomic mass is 16.3. The van der Waals surface area contributed by atoms with Gasteiger partial charge in [-0.25, -0.2) is 9.69 Å². The normalized spacial score (nSPS) is 17.7. The lowest BCUT2D eigenvalue weighted by Crippen LogP contribution is -2.55. The number of aromatic hydroxyl groups is 3. The van der Waals surface area contributed by atoms with Gasteiger partial charge < -0.3 is 20.4 Å². The first-order valence-corrected chi connectivity index (χ1v) is 8.98. The summed E-state index contributed by atoms with van der Waals surface area (Å²) in [5.74, 6) is -2.38. The van der Waals surface area contributed by atoms with Crippen molar-refractivity contribution >= 4 is 29.1 Å². The average Bonchev–Trinajstić information content (AvgIpc) is 2.90. The van der Waals surface area contributed by atoms with Crippen LogP contribution in [0.25, 0.3) is 0 Å². The van der Waals surface area contributed by atoms with Gasteiger partial charge in [0.15, 0.2) is 17.3 Å². The minimum Gasteiger partial charge on any atom is -0.507 e. The monoisotopic (exact) mass is 398 g/mol. The first kappa shape index (κ1) is 18.8. The van der Waals surface area contributed by atoms with Gasteiger partial charge in [-0.05, 0) is 43.5 Å². The van der Waals surface area contributed by atoms with E-state index in [4.69, 9.17) is 5.11 Å². The molecule has 0 atom stereocenters. The zero-order chi connectivity index (χ0) is 20.9. The number of phenolic OH excluding ortho intramolecular Hbond substituents is 3. The van der Waals surface area contributed by atoms with Crippen LogP contribution in [0.4, 0.5) is 16.2 Å². The van der Waals surface area contributed by atoms with Crippen molar-refractivity contribution in [1.82, 2.24) is 0 Å². The quantitative estimate of drug-likeness (QED) is 0.350. The first-order valence-electron chi connectivity index (χ1n) is 8.98. The van der Waals surface area contributed by atoms with E-state index >= 15 is 0 Å². The number of hydrogen-bond donors (Lipinski definition) is 4. The van der Waals surface area contributed by atoms with E-state index in [1.54, 1.807) is 0 Å². The summed E-state index contributed by atoms with van der Waals surface area (Å²) in [6.07, 6.45) is 1.59. The number of urea groups is 1. The maximum Gasteiger partial charge on any atom is 0.336 e. The predicted octanol–water partition coefficient (Wildman–Crippen LogP) is 1.87. The molecule has 9 heteroatoms. The van der Waals surface area contributed by atoms with Crippen molar-refractivity contribution in [3.05, 3.63) is 42.0 Å². The fraction of sp³-hybridized carbons (Fsp3) is 0.250. The molecular formula is C20H18N2O7. The van der Waals surface area contributed by atoms with Crippen LogP contribution in [-0.4, -0.2) is 50.3 Å². The van der Waals surface area contributed by atoms with Gasteiger partial charge in [-0.3, -0.25) is 14.5 Å². The Labute approximate surface area is 165 Å². The number of carbonyl (C=O) groups is 3. The second kappa shape index (κ2) is 6.49. The molecule has 1 saturated heterocycles. The van der Waals surface area contributed by atoms with Crippen LogP contribution in [0, 0.1) is 0 Å². The SMILES string of the molecule is O=C(CO)c1ccc(N2C(=O)N(c3ccc(O)c(O)c3)C(=O)C23CCC3)cc1O. The van der Waals surface area contributed by atoms with Crippen LogP contribution < -0.4 is 9.80 Å². The maximum absolute atomic E-state index is 13.2. The van der Waals surface area contributed by atoms with Crippen LogP contribution >= 0.6 is 0 Å². The van der Waals surface area contributed by atoms with Crippen LogP contribution in [0.15, 0.2) is 36.4 Å². The van der Waals surface area contributed by atoms with Gasteiger partial charge in [0, 0.05) is 12.1 Å². The minimum absolute atomic E-state index is 0.0859. The van der Waals surface area contributed by atoms with Crippen LogP contribution in [-0.2, 0) is 4.79 Å². The van der Waals surface area contributed by atoms with Crippen LogP contribution in [0.5, 0.6) is 17.2 Å². The number of aliphatic hydroxyl groups is 1. The topological polar surface area (TPSA) is 139 Å². The lowest BCUT2D eigenvalue weighted by molar-refractivity contribution is -0.123. The molecule has 0 aromatic heterocycles. The third-order valence-electron chi connectivity index (χ3n) is 5.49. The van der Waals surface area contributed by atoms with Crippen molar-refractivity contribution in [2.24, 2.45) is 0 Å². The molecule has 0 radical (unpaired) electrons. The number of hydrogen-bond acceptors (Lipinski definition) is 7. The Bertz CT molecular complexity index is 1050. The number of nitrogens with zero attached hydrogens (tertiary/aromatic N) is 2. The summed E-state index contributed by atoms with van der Waals surface area (Å²) in [5.41, 5.74) is -0.849. The molecule has 4 rings (SSSR count). The van der Waals surface area contributed by atoms with E-state index in [-0.39, 0.29) is 22.7 Å². The number of benzene rings is 2. The molecule has 1 heterocycles. The Balaban J connectivity index is 1.78. The zero-order valence-corrected chi connectivity index (χ0v) is 15.2. The number of amides is 3. The fourth-order valence-electron chi connectivity index (χ4n) is 3.84. The number of anilines is 2. The van der Waals surface area contributed by atoms with Crippen molar-refractivity contribution < 1.29 is 34.8 Å². The number of ketones is 1. The van der Waals surface area contributed by atoms with Crippen molar-refractivity contribution in [2.45, 2.75) is 24.8 Å². The average molecular weight is 398 g/mol. The van der Waals surface area contributed by atoms with E-state index in [0.29, 0.717) is 12.8 Å². The lowest BCUT2D eigenvalue weighted by Gasteiger charge is -2.42. The van der Waals surface area contributed by atoms with Crippen LogP contribution in [0.1, 0.15) is 29.6 Å². The van der Waals surface area contributed by atoms with E-state index in [0.717, 1.165) is 17.4 Å². The summed E-state index contributed by atoms with van der Waals surface area (Å²) >= 11 is 0. The second-order valence-electron chi connectivity index (χ2n) is 7.10. The second-order valence-corrected chi connectivity index (χ2v) is 7.10. The van der Waals surface area contributed by atoms with Gasteiger partial charge in [-0.15, -0.1) is 0 Å². The van der Waals surface area contributed by atoms with Gasteiger partial charge >= 0.3 is 6.03 Å². The number of carbonyl (C=O) groups excluding carboxylic acids is 3. The van der Waals surface area contributed by atoms with E-state index in [2.05, 4.69) is 0 Å². The van der Waals surface area contributed by atoms with Crippen molar-refractivity contribution in [1.29, 1.82) is 0 Å². The number of imide groups is 1. The summed E-state index contributed by atoms with van der Waals surface area (Å²) in [4.78, 5) is 40.3. The minimum atomic E-state index is -1.11. The largest absolute Gasteiger partial charge is 0.507 e. The molecule has 2 fully saturated rings. The molecule has 29 heavy (non-hydrogen) atoms. The summed E-state index contributed by atoms with van der Waals surface area (Å²) in [5, 5.41) is 38.4. The summed E-state index contributed by atoms with van der Waals surface area (Å²) in [6, 6.07) is 6.94. The highest BCUT2D eigenvalue weighted by Crippen LogP contribution is 2.48. The van der Waals surface area contributed by atoms with E-state index in [9.17, 15) is 29.7 Å². The summed E-state index contributed by atoms with van der Waals surface area (Å²) in [7, 11) is 0. The molecule has 2 aromatic carbocycles. The Morgan fingerprint density at radius 2 is 1.59 bits per heavy atom. The molecule has 9 nitrogen and oxygen atoms in total. The third-order valence-corrected chi connectivity index (χ3v) is 5.49. The number of phenols is 3. The number of rotatable bonds is 4. The smallest absolute Gasteiger partial charge is 0.336 e. The lowest BCUT2D eigenvalue weighted by atomic mass is 9.75. The molecular weight excluding hydrogens is 380 g/mol. The van der Waals surface area contributed by atoms with Gasteiger partial charge in [0.25, 0.3) is 5.91 Å². The molecule has 1 aliphatic heterocycles. The van der Waals surface area contributed by atoms with Gasteiger partial charge in [0.05, 0.1) is 16.9 Å². The molecule has 3 amide bonds. The van der Waals surface area contributed by atoms with Gasteiger partial charge in [0.2, 0.25) is 0 Å². The third kappa shape index (κ3) is 2.62. The van der Waals surface area contributed by atoms with E-state index in [1.807, 2.05) is 0 Å². The number of Topliss-reactive ketones (excluding diaryl/α,β-unsaturated/α-hetero) is 1. The van der Waals surface area contributed by atoms with Gasteiger partial charge in [0.1, 0.15) is 17.9 Å². The Morgan fingerprint density at radius 1 is 0.931 bits per heavy atom. The molecule has 0 bridgehead atoms. The molecule has 1 aliphatic carbocycles. The van der Waals surface area contributed by atoms with Crippen molar-refractivity contribution in [2.75, 3.05) is 16.4 Å². The fourth-order valence-corrected chi connectivity index (χ4v) is 3.84. The zero-order valence-electron chi connectivity index (χ0n) is 15.2. The molecule has 4 N–H and O–H groups in total. The van der Waals surface area contributed by atoms with Crippen LogP contribution in [0.3, 0.4) is 0 Å². The highest BCUT2D eigenvalue weighted by molar-refractivity contribution is 6.31. The Morgan fingerprint density at radius 3 is 2.14 bits per heavy atom. The first-order chi connectivity index (χ1) is 13.8. The summed E-state index contributed by atoms with van der Waals surface area (Å²) < 4.78 is 0. The van der Waals surface area contributed by atoms with Crippen molar-refractivity contribution in [3.63, 3.8) is 0 Å². The standard InChI is InChI=1S/C20H18N2O7/c23-10-17(27)13-4-2-12(9-15(13)25)22-19(29)21(18(28)20(22)6-1-7-20)11-3-5-14(24)16(26)8-11/h2-5,8-9,23-26H,1,6-7,10H2. The molecule has 1 spiro atoms. The van der Waals surface area contributed by atoms with Crippen molar-refractivity contribution in [3.8, 4) is 17.2 Å². The van der Waals surface area contributed by atoms with Gasteiger partial charge in [-0.2, -0.15) is 0 Å². The molecule has 2 aromatic rings. The molecule has 0 unspecified atom stereocenters. The Kier molecular flexibility index (Phi) is 4.20. The Hall–Kier alpha value is -3.59. The van der Waals surface area contributed by atoms with Gasteiger partial charge in [-0.1, -0.05) is 0 Å². The summed E-state index contributed by atoms with van der Waals surface area (Å²) in [6.45, 7) is -0.768. The number of aliphatic hydroxyl groups excluding tert-OH is 1. The highest BCUT2D eigenvalue weighted by Gasteiger charge is 2.61. The molecule has 2 aliphatic rings. The van der Waals surface area contributed by atoms with Crippen LogP contribution in [0.2, 0.25) is 0 Å². The molecule has 150 valence electrons. The molecule has 1 saturated carbocycles. The van der Waals surface area contributed by atoms with E-state index < -0.39 is 41.4 Å².